The van der Waals surface area contributed by atoms with Crippen LogP contribution in [0.2, 0.25) is 0 Å². The highest BCUT2D eigenvalue weighted by Gasteiger charge is 2.44. The van der Waals surface area contributed by atoms with Gasteiger partial charge in [-0.1, -0.05) is 0 Å². The summed E-state index contributed by atoms with van der Waals surface area (Å²) in [6, 6.07) is -1.35. The molecule has 0 aromatic carbocycles. The van der Waals surface area contributed by atoms with Crippen molar-refractivity contribution in [2.24, 2.45) is 0 Å². The lowest BCUT2D eigenvalue weighted by Crippen LogP contribution is -2.36. The smallest absolute Gasteiger partial charge is 0.340 e. The minimum atomic E-state index is -4.61. The molecule has 5 unspecified atom stereocenters. The van der Waals surface area contributed by atoms with Crippen LogP contribution < -0.4 is 0 Å². The van der Waals surface area contributed by atoms with E-state index in [2.05, 4.69) is 0 Å². The molecule has 0 saturated carbocycles. The highest BCUT2D eigenvalue weighted by atomic mass is 31.2. The summed E-state index contributed by atoms with van der Waals surface area (Å²) in [5.74, 6) is -1.23. The van der Waals surface area contributed by atoms with Gasteiger partial charge in [0.1, 0.15) is 51.6 Å². The molecule has 0 amide bonds. The molecule has 2 fully saturated rings. The highest BCUT2D eigenvalue weighted by Crippen LogP contribution is 2.58. The zero-order chi connectivity index (χ0) is 21.3. The third-order valence-electron chi connectivity index (χ3n) is 4.70. The van der Waals surface area contributed by atoms with Crippen molar-refractivity contribution in [3.8, 4) is 0 Å². The Balaban J connectivity index is 1.83. The molecule has 0 radical (unpaired) electrons. The van der Waals surface area contributed by atoms with Crippen molar-refractivity contribution >= 4 is 37.9 Å². The normalized spacial score (nSPS) is 42.8. The van der Waals surface area contributed by atoms with Crippen molar-refractivity contribution in [2.75, 3.05) is 19.1 Å². The molecule has 0 aromatic rings. The Kier molecular flexibility index (Phi) is 8.40. The summed E-state index contributed by atoms with van der Waals surface area (Å²) >= 11 is 0. The van der Waals surface area contributed by atoms with Gasteiger partial charge in [-0.25, -0.2) is 0 Å². The van der Waals surface area contributed by atoms with E-state index in [0.717, 1.165) is 0 Å². The molecule has 17 heteroatoms. The topological polar surface area (TPSA) is 192 Å². The van der Waals surface area contributed by atoms with Crippen LogP contribution in [0.4, 0.5) is 0 Å². The van der Waals surface area contributed by atoms with E-state index in [0.29, 0.717) is 7.17 Å². The van der Waals surface area contributed by atoms with Crippen LogP contribution in [0.5, 0.6) is 0 Å². The van der Waals surface area contributed by atoms with Crippen LogP contribution in [0.15, 0.2) is 0 Å². The summed E-state index contributed by atoms with van der Waals surface area (Å²) in [4.78, 5) is 19.6. The maximum absolute atomic E-state index is 12.1. The molecule has 2 aliphatic rings. The van der Waals surface area contributed by atoms with Gasteiger partial charge >= 0.3 is 15.2 Å². The van der Waals surface area contributed by atoms with Gasteiger partial charge in [0.05, 0.1) is 27.0 Å². The van der Waals surface area contributed by atoms with Gasteiger partial charge in [0.25, 0.3) is 0 Å². The van der Waals surface area contributed by atoms with Crippen LogP contribution in [-0.2, 0) is 27.7 Å². The summed E-state index contributed by atoms with van der Waals surface area (Å²) in [7, 11) is -5.57. The zero-order valence-electron chi connectivity index (χ0n) is 15.5. The second-order valence-electron chi connectivity index (χ2n) is 6.97. The molecular formula is C11H25B3O12P2. The molecule has 2 heterocycles. The first-order chi connectivity index (χ1) is 12.9. The molecule has 2 rings (SSSR count). The Labute approximate surface area is 164 Å². The SMILES string of the molecule is BB[C@@H]1O[C@H](COP(=O)(O)CP(=O)(O)OC[C@H]2O[C@@H](B)C(O)C2O)[C@H](O)C1O. The number of hydrogen-bond acceptors (Lipinski definition) is 10. The van der Waals surface area contributed by atoms with Crippen molar-refractivity contribution in [1.82, 2.24) is 0 Å². The van der Waals surface area contributed by atoms with E-state index >= 15 is 0 Å². The molecule has 12 nitrogen and oxygen atoms in total. The minimum absolute atomic E-state index is 0.410. The molecular weight excluding hydrogens is 418 g/mol. The molecule has 6 N–H and O–H groups in total. The van der Waals surface area contributed by atoms with Gasteiger partial charge in [-0.15, -0.1) is 0 Å². The van der Waals surface area contributed by atoms with E-state index in [1.165, 1.54) is 7.85 Å². The molecule has 10 atom stereocenters. The number of ether oxygens (including phenoxy) is 2. The quantitative estimate of drug-likeness (QED) is 0.147. The van der Waals surface area contributed by atoms with E-state index in [-0.39, 0.29) is 0 Å². The summed E-state index contributed by atoms with van der Waals surface area (Å²) in [6.45, 7) is -1.15. The predicted octanol–water partition coefficient (Wildman–Crippen LogP) is -5.14. The fourth-order valence-electron chi connectivity index (χ4n) is 3.06. The first kappa shape index (κ1) is 24.5. The Bertz CT molecular complexity index is 628. The molecule has 2 aliphatic heterocycles. The Morgan fingerprint density at radius 3 is 1.71 bits per heavy atom. The first-order valence-electron chi connectivity index (χ1n) is 8.82. The number of aliphatic hydroxyl groups excluding tert-OH is 4. The van der Waals surface area contributed by atoms with Crippen molar-refractivity contribution in [1.29, 1.82) is 0 Å². The van der Waals surface area contributed by atoms with Crippen LogP contribution in [0.1, 0.15) is 0 Å². The van der Waals surface area contributed by atoms with Crippen molar-refractivity contribution in [3.05, 3.63) is 0 Å². The standard InChI is InChI=1S/C11H25B3O12P2/c12-10-8(17)6(15)4(25-10)1-23-27(19,20)3-28(21,22)24-2-5-7(16)9(18)11(14-13)26-5/h4-11,14-18H,1-3,12-13H2,(H,19,20)(H,21,22)/t4-,5-,6?,7+,8?,9?,10-,11-/m1/s1. The lowest BCUT2D eigenvalue weighted by atomic mass is 9.50. The summed E-state index contributed by atoms with van der Waals surface area (Å²) < 4.78 is 44.2. The summed E-state index contributed by atoms with van der Waals surface area (Å²) in [5, 5.41) is 38.9. The van der Waals surface area contributed by atoms with Gasteiger partial charge in [-0.2, -0.15) is 0 Å². The fraction of sp³-hybridized carbons (Fsp3) is 1.00. The van der Waals surface area contributed by atoms with Crippen molar-refractivity contribution in [3.63, 3.8) is 0 Å². The number of hydrogen-bond donors (Lipinski definition) is 6. The second kappa shape index (κ2) is 9.59. The summed E-state index contributed by atoms with van der Waals surface area (Å²) in [5.41, 5.74) is 0. The van der Waals surface area contributed by atoms with Gasteiger partial charge in [0, 0.05) is 6.00 Å². The van der Waals surface area contributed by atoms with Gasteiger partial charge in [0.15, 0.2) is 5.90 Å². The minimum Gasteiger partial charge on any atom is -0.388 e. The maximum atomic E-state index is 12.1. The molecule has 0 spiro atoms. The average molecular weight is 444 g/mol. The van der Waals surface area contributed by atoms with Crippen molar-refractivity contribution < 1.29 is 57.9 Å². The lowest BCUT2D eigenvalue weighted by molar-refractivity contribution is -0.00601. The van der Waals surface area contributed by atoms with Crippen LogP contribution in [0.3, 0.4) is 0 Å². The second-order valence-corrected chi connectivity index (χ2v) is 11.2. The largest absolute Gasteiger partial charge is 0.388 e. The summed E-state index contributed by atoms with van der Waals surface area (Å²) in [6.07, 6.45) is -7.13. The molecule has 0 bridgehead atoms. The monoisotopic (exact) mass is 444 g/mol. The zero-order valence-corrected chi connectivity index (χ0v) is 17.3. The van der Waals surface area contributed by atoms with Crippen LogP contribution in [-0.4, -0.2) is 121 Å². The third kappa shape index (κ3) is 6.13. The Hall–Kier alpha value is 0.255. The molecule has 160 valence electrons. The van der Waals surface area contributed by atoms with Gasteiger partial charge in [0.2, 0.25) is 0 Å². The van der Waals surface area contributed by atoms with Gasteiger partial charge < -0.3 is 48.7 Å². The van der Waals surface area contributed by atoms with E-state index in [4.69, 9.17) is 18.5 Å². The van der Waals surface area contributed by atoms with Gasteiger partial charge in [-0.3, -0.25) is 9.13 Å². The van der Waals surface area contributed by atoms with E-state index in [1.807, 2.05) is 0 Å². The number of aliphatic hydroxyl groups is 4. The van der Waals surface area contributed by atoms with E-state index in [1.54, 1.807) is 7.74 Å². The van der Waals surface area contributed by atoms with Crippen LogP contribution >= 0.6 is 15.2 Å². The number of rotatable bonds is 9. The average Bonchev–Trinajstić information content (AvgIpc) is 3.01. The molecule has 0 aromatic heterocycles. The molecule has 0 aliphatic carbocycles. The lowest BCUT2D eigenvalue weighted by Gasteiger charge is -2.21. The third-order valence-corrected chi connectivity index (χ3v) is 8.67. The fourth-order valence-corrected chi connectivity index (χ4v) is 6.28. The Morgan fingerprint density at radius 2 is 1.32 bits per heavy atom. The maximum Gasteiger partial charge on any atom is 0.340 e. The first-order valence-corrected chi connectivity index (χ1v) is 12.4. The molecule has 28 heavy (non-hydrogen) atoms. The Morgan fingerprint density at radius 1 is 0.857 bits per heavy atom. The molecule has 2 saturated heterocycles. The van der Waals surface area contributed by atoms with Crippen LogP contribution in [0.25, 0.3) is 0 Å². The van der Waals surface area contributed by atoms with Crippen molar-refractivity contribution in [2.45, 2.75) is 48.6 Å². The van der Waals surface area contributed by atoms with Gasteiger partial charge in [-0.05, 0) is 0 Å². The van der Waals surface area contributed by atoms with E-state index in [9.17, 15) is 39.3 Å². The van der Waals surface area contributed by atoms with Crippen LogP contribution in [0, 0.1) is 0 Å². The highest BCUT2D eigenvalue weighted by molar-refractivity contribution is 7.70. The predicted molar refractivity (Wildman–Crippen MR) is 102 cm³/mol. The van der Waals surface area contributed by atoms with E-state index < -0.39 is 82.9 Å².